The van der Waals surface area contributed by atoms with Crippen LogP contribution in [0.3, 0.4) is 0 Å². The number of aryl methyl sites for hydroxylation is 1. The molecule has 3 rings (SSSR count). The van der Waals surface area contributed by atoms with Gasteiger partial charge in [0.05, 0.1) is 14.9 Å². The molecule has 1 aromatic carbocycles. The number of aromatic nitrogens is 1. The molecule has 1 aromatic heterocycles. The van der Waals surface area contributed by atoms with Gasteiger partial charge in [-0.1, -0.05) is 29.3 Å². The maximum atomic E-state index is 11.6. The first-order valence-electron chi connectivity index (χ1n) is 6.65. The van der Waals surface area contributed by atoms with Crippen LogP contribution in [0.1, 0.15) is 23.7 Å². The van der Waals surface area contributed by atoms with Gasteiger partial charge in [0, 0.05) is 18.0 Å². The van der Waals surface area contributed by atoms with Crippen molar-refractivity contribution in [1.29, 1.82) is 0 Å². The number of sulfone groups is 1. The van der Waals surface area contributed by atoms with Crippen molar-refractivity contribution in [3.8, 4) is 5.88 Å². The van der Waals surface area contributed by atoms with Crippen LogP contribution >= 0.6 is 23.2 Å². The Morgan fingerprint density at radius 1 is 1.23 bits per heavy atom. The highest BCUT2D eigenvalue weighted by Gasteiger charge is 2.24. The summed E-state index contributed by atoms with van der Waals surface area (Å²) in [4.78, 5) is 4.35. The maximum absolute atomic E-state index is 11.6. The van der Waals surface area contributed by atoms with Gasteiger partial charge < -0.3 is 4.74 Å². The van der Waals surface area contributed by atoms with Crippen LogP contribution in [0, 0.1) is 0 Å². The van der Waals surface area contributed by atoms with Crippen LogP contribution in [0.25, 0.3) is 0 Å². The summed E-state index contributed by atoms with van der Waals surface area (Å²) < 4.78 is 29.0. The van der Waals surface area contributed by atoms with Crippen LogP contribution in [0.15, 0.2) is 35.4 Å². The molecule has 7 heteroatoms. The Hall–Kier alpha value is -1.30. The SMILES string of the molecule is CS(=O)(=O)c1cnc2c(c1)CCC(c1ccc(Cl)c(Cl)c1)O2. The largest absolute Gasteiger partial charge is 0.469 e. The van der Waals surface area contributed by atoms with E-state index in [0.717, 1.165) is 17.5 Å². The van der Waals surface area contributed by atoms with E-state index in [4.69, 9.17) is 27.9 Å². The van der Waals surface area contributed by atoms with Crippen molar-refractivity contribution < 1.29 is 13.2 Å². The molecule has 0 amide bonds. The lowest BCUT2D eigenvalue weighted by atomic mass is 9.99. The minimum Gasteiger partial charge on any atom is -0.469 e. The van der Waals surface area contributed by atoms with E-state index in [1.807, 2.05) is 6.07 Å². The van der Waals surface area contributed by atoms with E-state index in [1.165, 1.54) is 12.5 Å². The molecular weight excluding hydrogens is 345 g/mol. The molecule has 1 atom stereocenters. The van der Waals surface area contributed by atoms with Crippen molar-refractivity contribution in [3.05, 3.63) is 51.6 Å². The van der Waals surface area contributed by atoms with Gasteiger partial charge in [-0.3, -0.25) is 0 Å². The van der Waals surface area contributed by atoms with Crippen LogP contribution in [0.5, 0.6) is 5.88 Å². The number of nitrogens with zero attached hydrogens (tertiary/aromatic N) is 1. The van der Waals surface area contributed by atoms with Crippen molar-refractivity contribution >= 4 is 33.0 Å². The number of hydrogen-bond acceptors (Lipinski definition) is 4. The van der Waals surface area contributed by atoms with E-state index in [1.54, 1.807) is 18.2 Å². The first-order valence-corrected chi connectivity index (χ1v) is 9.30. The summed E-state index contributed by atoms with van der Waals surface area (Å²) in [6, 6.07) is 7.01. The Bertz CT molecular complexity index is 837. The van der Waals surface area contributed by atoms with Crippen LogP contribution in [0.2, 0.25) is 10.0 Å². The predicted molar refractivity (Wildman–Crippen MR) is 85.5 cm³/mol. The quantitative estimate of drug-likeness (QED) is 0.818. The third kappa shape index (κ3) is 3.07. The van der Waals surface area contributed by atoms with Gasteiger partial charge in [-0.15, -0.1) is 0 Å². The van der Waals surface area contributed by atoms with E-state index in [2.05, 4.69) is 4.98 Å². The van der Waals surface area contributed by atoms with Crippen molar-refractivity contribution in [2.24, 2.45) is 0 Å². The van der Waals surface area contributed by atoms with E-state index in [9.17, 15) is 8.42 Å². The molecule has 0 fully saturated rings. The van der Waals surface area contributed by atoms with Gasteiger partial charge in [-0.05, 0) is 36.6 Å². The smallest absolute Gasteiger partial charge is 0.217 e. The second-order valence-corrected chi connectivity index (χ2v) is 8.06. The Morgan fingerprint density at radius 3 is 2.68 bits per heavy atom. The molecule has 0 radical (unpaired) electrons. The van der Waals surface area contributed by atoms with Crippen molar-refractivity contribution in [2.75, 3.05) is 6.26 Å². The molecule has 1 unspecified atom stereocenters. The number of hydrogen-bond donors (Lipinski definition) is 0. The average Bonchev–Trinajstić information content (AvgIpc) is 2.48. The van der Waals surface area contributed by atoms with Gasteiger partial charge in [-0.25, -0.2) is 13.4 Å². The molecule has 116 valence electrons. The molecular formula is C15H13Cl2NO3S. The van der Waals surface area contributed by atoms with Crippen LogP contribution in [-0.2, 0) is 16.3 Å². The second kappa shape index (κ2) is 5.72. The molecule has 0 saturated heterocycles. The Balaban J connectivity index is 1.89. The standard InChI is InChI=1S/C15H13Cl2NO3S/c1-22(19,20)11-6-10-3-5-14(21-15(10)18-8-11)9-2-4-12(16)13(17)7-9/h2,4,6-8,14H,3,5H2,1H3. The molecule has 2 heterocycles. The molecule has 0 aliphatic carbocycles. The number of ether oxygens (including phenoxy) is 1. The highest BCUT2D eigenvalue weighted by atomic mass is 35.5. The third-order valence-electron chi connectivity index (χ3n) is 3.57. The first kappa shape index (κ1) is 15.6. The Kier molecular flexibility index (Phi) is 4.05. The molecule has 22 heavy (non-hydrogen) atoms. The first-order chi connectivity index (χ1) is 10.3. The normalized spacial score (nSPS) is 17.7. The second-order valence-electron chi connectivity index (χ2n) is 5.23. The molecule has 0 saturated carbocycles. The minimum atomic E-state index is -3.26. The number of pyridine rings is 1. The molecule has 2 aromatic rings. The predicted octanol–water partition coefficient (Wildman–Crippen LogP) is 3.86. The molecule has 0 bridgehead atoms. The fourth-order valence-corrected chi connectivity index (χ4v) is 3.30. The van der Waals surface area contributed by atoms with Gasteiger partial charge >= 0.3 is 0 Å². The van der Waals surface area contributed by atoms with E-state index >= 15 is 0 Å². The molecule has 0 spiro atoms. The van der Waals surface area contributed by atoms with Crippen LogP contribution in [0.4, 0.5) is 0 Å². The monoisotopic (exact) mass is 357 g/mol. The highest BCUT2D eigenvalue weighted by Crippen LogP contribution is 2.36. The zero-order valence-corrected chi connectivity index (χ0v) is 14.0. The van der Waals surface area contributed by atoms with Crippen molar-refractivity contribution in [3.63, 3.8) is 0 Å². The lowest BCUT2D eigenvalue weighted by Gasteiger charge is -2.25. The van der Waals surface area contributed by atoms with Gasteiger partial charge in [0.15, 0.2) is 9.84 Å². The number of benzene rings is 1. The number of rotatable bonds is 2. The van der Waals surface area contributed by atoms with E-state index in [-0.39, 0.29) is 11.0 Å². The fraction of sp³-hybridized carbons (Fsp3) is 0.267. The van der Waals surface area contributed by atoms with Gasteiger partial charge in [0.2, 0.25) is 5.88 Å². The maximum Gasteiger partial charge on any atom is 0.217 e. The fourth-order valence-electron chi connectivity index (χ4n) is 2.39. The molecule has 1 aliphatic heterocycles. The van der Waals surface area contributed by atoms with Crippen LogP contribution < -0.4 is 4.74 Å². The summed E-state index contributed by atoms with van der Waals surface area (Å²) in [5.74, 6) is 0.467. The lowest BCUT2D eigenvalue weighted by molar-refractivity contribution is 0.167. The summed E-state index contributed by atoms with van der Waals surface area (Å²) in [6.07, 6.45) is 3.74. The van der Waals surface area contributed by atoms with Gasteiger partial charge in [0.1, 0.15) is 6.10 Å². The summed E-state index contributed by atoms with van der Waals surface area (Å²) >= 11 is 12.0. The molecule has 4 nitrogen and oxygen atoms in total. The summed E-state index contributed by atoms with van der Waals surface area (Å²) in [5.41, 5.74) is 1.73. The average molecular weight is 358 g/mol. The van der Waals surface area contributed by atoms with Crippen LogP contribution in [-0.4, -0.2) is 19.7 Å². The van der Waals surface area contributed by atoms with Crippen molar-refractivity contribution in [2.45, 2.75) is 23.8 Å². The summed E-state index contributed by atoms with van der Waals surface area (Å²) in [5, 5.41) is 0.978. The number of halogens is 2. The topological polar surface area (TPSA) is 56.3 Å². The van der Waals surface area contributed by atoms with E-state index < -0.39 is 9.84 Å². The third-order valence-corrected chi connectivity index (χ3v) is 5.39. The van der Waals surface area contributed by atoms with Gasteiger partial charge in [-0.2, -0.15) is 0 Å². The highest BCUT2D eigenvalue weighted by molar-refractivity contribution is 7.90. The molecule has 1 aliphatic rings. The lowest BCUT2D eigenvalue weighted by Crippen LogP contribution is -2.17. The number of fused-ring (bicyclic) bond motifs is 1. The Morgan fingerprint density at radius 2 is 2.00 bits per heavy atom. The Labute approximate surface area is 139 Å². The molecule has 0 N–H and O–H groups in total. The summed E-state index contributed by atoms with van der Waals surface area (Å²) in [6.45, 7) is 0. The van der Waals surface area contributed by atoms with Crippen molar-refractivity contribution in [1.82, 2.24) is 4.98 Å². The van der Waals surface area contributed by atoms with E-state index in [0.29, 0.717) is 22.3 Å². The minimum absolute atomic E-state index is 0.168. The van der Waals surface area contributed by atoms with Gasteiger partial charge in [0.25, 0.3) is 0 Å². The zero-order chi connectivity index (χ0) is 15.9. The summed E-state index contributed by atoms with van der Waals surface area (Å²) in [7, 11) is -3.26. The zero-order valence-electron chi connectivity index (χ0n) is 11.7.